The zero-order valence-electron chi connectivity index (χ0n) is 14.0. The summed E-state index contributed by atoms with van der Waals surface area (Å²) in [5.74, 6) is 0. The van der Waals surface area contributed by atoms with E-state index in [2.05, 4.69) is 19.2 Å². The quantitative estimate of drug-likeness (QED) is 0.702. The largest absolute Gasteiger partial charge is 0.335 e. The number of hydrogen-bond acceptors (Lipinski definition) is 3. The van der Waals surface area contributed by atoms with E-state index in [0.29, 0.717) is 9.34 Å². The fourth-order valence-electron chi connectivity index (χ4n) is 3.55. The summed E-state index contributed by atoms with van der Waals surface area (Å²) in [6.07, 6.45) is 5.81. The average molecular weight is 383 g/mol. The average Bonchev–Trinajstić information content (AvgIpc) is 2.79. The summed E-state index contributed by atoms with van der Waals surface area (Å²) in [6.45, 7) is 4.22. The van der Waals surface area contributed by atoms with E-state index in [-0.39, 0.29) is 22.9 Å². The maximum atomic E-state index is 12.8. The minimum atomic E-state index is -0.258. The Kier molecular flexibility index (Phi) is 5.42. The van der Waals surface area contributed by atoms with Gasteiger partial charge in [-0.05, 0) is 44.4 Å². The van der Waals surface area contributed by atoms with Crippen molar-refractivity contribution in [2.24, 2.45) is 0 Å². The number of hydrogen-bond donors (Lipinski definition) is 1. The van der Waals surface area contributed by atoms with Crippen molar-refractivity contribution in [3.05, 3.63) is 34.9 Å². The van der Waals surface area contributed by atoms with Crippen molar-refractivity contribution in [3.63, 3.8) is 0 Å². The summed E-state index contributed by atoms with van der Waals surface area (Å²) in [5, 5.41) is 3.90. The van der Waals surface area contributed by atoms with Gasteiger partial charge in [0.05, 0.1) is 10.8 Å². The lowest BCUT2D eigenvalue weighted by Crippen LogP contribution is -2.50. The maximum absolute atomic E-state index is 12.8. The monoisotopic (exact) mass is 382 g/mol. The SMILES string of the molecule is C[C@H]1N(C(=O)NC2CCCCC2)C(=S)S[C@]1(C)c1ccc(Cl)cc1. The van der Waals surface area contributed by atoms with Crippen LogP contribution in [0.1, 0.15) is 51.5 Å². The third-order valence-corrected chi connectivity index (χ3v) is 7.32. The first kappa shape index (κ1) is 18.0. The smallest absolute Gasteiger partial charge is 0.323 e. The number of carbonyl (C=O) groups excluding carboxylic acids is 1. The number of rotatable bonds is 2. The van der Waals surface area contributed by atoms with Gasteiger partial charge in [-0.2, -0.15) is 0 Å². The normalized spacial score (nSPS) is 28.2. The van der Waals surface area contributed by atoms with Gasteiger partial charge in [0, 0.05) is 11.1 Å². The second-order valence-electron chi connectivity index (χ2n) is 6.81. The van der Waals surface area contributed by atoms with Gasteiger partial charge in [-0.15, -0.1) is 0 Å². The maximum Gasteiger partial charge on any atom is 0.323 e. The van der Waals surface area contributed by atoms with Gasteiger partial charge >= 0.3 is 6.03 Å². The Hall–Kier alpha value is -0.780. The Morgan fingerprint density at radius 1 is 1.29 bits per heavy atom. The molecule has 3 rings (SSSR count). The number of amides is 2. The molecule has 0 unspecified atom stereocenters. The minimum absolute atomic E-state index is 0.0141. The number of carbonyl (C=O) groups is 1. The van der Waals surface area contributed by atoms with Gasteiger partial charge in [0.25, 0.3) is 0 Å². The molecule has 2 fully saturated rings. The highest BCUT2D eigenvalue weighted by atomic mass is 35.5. The molecule has 0 bridgehead atoms. The third kappa shape index (κ3) is 3.44. The van der Waals surface area contributed by atoms with Crippen molar-refractivity contribution < 1.29 is 4.79 Å². The molecule has 2 amide bonds. The van der Waals surface area contributed by atoms with E-state index in [4.69, 9.17) is 23.8 Å². The Bertz CT molecular complexity index is 630. The van der Waals surface area contributed by atoms with Crippen molar-refractivity contribution >= 4 is 45.9 Å². The summed E-state index contributed by atoms with van der Waals surface area (Å²) < 4.78 is 0.388. The molecule has 0 radical (unpaired) electrons. The third-order valence-electron chi connectivity index (χ3n) is 5.25. The zero-order chi connectivity index (χ0) is 17.3. The minimum Gasteiger partial charge on any atom is -0.335 e. The van der Waals surface area contributed by atoms with E-state index < -0.39 is 0 Å². The van der Waals surface area contributed by atoms with Crippen LogP contribution < -0.4 is 5.32 Å². The molecule has 1 saturated heterocycles. The van der Waals surface area contributed by atoms with E-state index in [9.17, 15) is 4.79 Å². The Morgan fingerprint density at radius 3 is 2.54 bits per heavy atom. The van der Waals surface area contributed by atoms with Gasteiger partial charge in [0.1, 0.15) is 4.32 Å². The highest BCUT2D eigenvalue weighted by Crippen LogP contribution is 2.49. The van der Waals surface area contributed by atoms with Gasteiger partial charge in [-0.3, -0.25) is 4.90 Å². The van der Waals surface area contributed by atoms with E-state index in [1.165, 1.54) is 19.3 Å². The Labute approximate surface area is 158 Å². The summed E-state index contributed by atoms with van der Waals surface area (Å²) in [6, 6.07) is 8.05. The van der Waals surface area contributed by atoms with E-state index >= 15 is 0 Å². The highest BCUT2D eigenvalue weighted by Gasteiger charge is 2.48. The van der Waals surface area contributed by atoms with Crippen LogP contribution in [0, 0.1) is 0 Å². The molecule has 1 aromatic carbocycles. The lowest BCUT2D eigenvalue weighted by Gasteiger charge is -2.32. The van der Waals surface area contributed by atoms with Gasteiger partial charge in [0.15, 0.2) is 0 Å². The van der Waals surface area contributed by atoms with Gasteiger partial charge < -0.3 is 5.32 Å². The Balaban J connectivity index is 1.76. The molecule has 2 atom stereocenters. The summed E-state index contributed by atoms with van der Waals surface area (Å²) >= 11 is 13.1. The molecule has 6 heteroatoms. The molecule has 1 saturated carbocycles. The molecular weight excluding hydrogens is 360 g/mol. The fraction of sp³-hybridized carbons (Fsp3) is 0.556. The number of urea groups is 1. The van der Waals surface area contributed by atoms with Crippen LogP contribution in [0.3, 0.4) is 0 Å². The van der Waals surface area contributed by atoms with Crippen LogP contribution in [0.2, 0.25) is 5.02 Å². The van der Waals surface area contributed by atoms with Crippen molar-refractivity contribution in [1.82, 2.24) is 10.2 Å². The highest BCUT2D eigenvalue weighted by molar-refractivity contribution is 8.23. The van der Waals surface area contributed by atoms with Crippen LogP contribution in [-0.2, 0) is 4.75 Å². The molecule has 2 aliphatic rings. The fourth-order valence-corrected chi connectivity index (χ4v) is 5.67. The molecule has 3 nitrogen and oxygen atoms in total. The first-order chi connectivity index (χ1) is 11.4. The lowest BCUT2D eigenvalue weighted by molar-refractivity contribution is 0.200. The zero-order valence-corrected chi connectivity index (χ0v) is 16.4. The number of nitrogens with zero attached hydrogens (tertiary/aromatic N) is 1. The van der Waals surface area contributed by atoms with Crippen molar-refractivity contribution in [2.45, 2.75) is 62.8 Å². The standard InChI is InChI=1S/C18H23ClN2OS2/c1-12-18(2,13-8-10-14(19)11-9-13)24-17(23)21(12)16(22)20-15-6-4-3-5-7-15/h8-12,15H,3-7H2,1-2H3,(H,20,22)/t12-,18+/m1/s1. The number of halogens is 1. The van der Waals surface area contributed by atoms with Gasteiger partial charge in [0.2, 0.25) is 0 Å². The number of nitrogens with one attached hydrogen (secondary N) is 1. The summed E-state index contributed by atoms with van der Waals surface area (Å²) in [4.78, 5) is 14.6. The van der Waals surface area contributed by atoms with Crippen molar-refractivity contribution in [3.8, 4) is 0 Å². The molecule has 0 spiro atoms. The molecule has 1 aromatic rings. The number of thioether (sulfide) groups is 1. The predicted octanol–water partition coefficient (Wildman–Crippen LogP) is 5.32. The van der Waals surface area contributed by atoms with E-state index in [1.807, 2.05) is 24.3 Å². The van der Waals surface area contributed by atoms with Crippen LogP contribution in [0.15, 0.2) is 24.3 Å². The second-order valence-corrected chi connectivity index (χ2v) is 9.33. The molecule has 24 heavy (non-hydrogen) atoms. The van der Waals surface area contributed by atoms with Crippen LogP contribution in [0.25, 0.3) is 0 Å². The van der Waals surface area contributed by atoms with Crippen LogP contribution >= 0.6 is 35.6 Å². The van der Waals surface area contributed by atoms with Crippen molar-refractivity contribution in [1.29, 1.82) is 0 Å². The van der Waals surface area contributed by atoms with Crippen LogP contribution in [0.4, 0.5) is 4.79 Å². The van der Waals surface area contributed by atoms with Gasteiger partial charge in [-0.1, -0.05) is 67.0 Å². The Morgan fingerprint density at radius 2 is 1.92 bits per heavy atom. The molecule has 0 aromatic heterocycles. The number of benzene rings is 1. The second kappa shape index (κ2) is 7.22. The topological polar surface area (TPSA) is 32.3 Å². The molecule has 1 aliphatic carbocycles. The number of thiocarbonyl (C=S) groups is 1. The molecular formula is C18H23ClN2OS2. The first-order valence-electron chi connectivity index (χ1n) is 8.50. The summed E-state index contributed by atoms with van der Waals surface area (Å²) in [7, 11) is 0. The molecule has 130 valence electrons. The molecule has 1 N–H and O–H groups in total. The van der Waals surface area contributed by atoms with Crippen molar-refractivity contribution in [2.75, 3.05) is 0 Å². The predicted molar refractivity (Wildman–Crippen MR) is 106 cm³/mol. The van der Waals surface area contributed by atoms with Gasteiger partial charge in [-0.25, -0.2) is 4.79 Å². The summed E-state index contributed by atoms with van der Waals surface area (Å²) in [5.41, 5.74) is 1.14. The lowest BCUT2D eigenvalue weighted by atomic mass is 9.92. The first-order valence-corrected chi connectivity index (χ1v) is 10.1. The van der Waals surface area contributed by atoms with E-state index in [1.54, 1.807) is 16.7 Å². The van der Waals surface area contributed by atoms with E-state index in [0.717, 1.165) is 18.4 Å². The molecule has 1 aliphatic heterocycles. The van der Waals surface area contributed by atoms with Crippen LogP contribution in [-0.4, -0.2) is 27.3 Å². The molecule has 1 heterocycles. The van der Waals surface area contributed by atoms with Crippen LogP contribution in [0.5, 0.6) is 0 Å².